The molecule has 0 unspecified atom stereocenters. The summed E-state index contributed by atoms with van der Waals surface area (Å²) in [6.07, 6.45) is 0. The number of carboxylic acid groups (broad SMARTS) is 3. The second-order valence-corrected chi connectivity index (χ2v) is 2.89. The SMILES string of the molecule is CC(=O)O.CC(=O)O.CC(=O)O.CCN(O)CCN.[H-].[Na+]. The fourth-order valence-electron chi connectivity index (χ4n) is 0.307. The molecule has 0 atom stereocenters. The number of hydrogen-bond donors (Lipinski definition) is 5. The molecule has 0 aliphatic rings. The van der Waals surface area contributed by atoms with Gasteiger partial charge in [-0.25, -0.2) is 0 Å². The van der Waals surface area contributed by atoms with Crippen molar-refractivity contribution in [1.82, 2.24) is 5.06 Å². The second kappa shape index (κ2) is 26.8. The van der Waals surface area contributed by atoms with Gasteiger partial charge in [0.05, 0.1) is 0 Å². The molecule has 0 aromatic heterocycles. The van der Waals surface area contributed by atoms with Gasteiger partial charge in [-0.1, -0.05) is 6.92 Å². The van der Waals surface area contributed by atoms with E-state index >= 15 is 0 Å². The van der Waals surface area contributed by atoms with Gasteiger partial charge in [-0.3, -0.25) is 14.4 Å². The number of nitrogens with zero attached hydrogens (tertiary/aromatic N) is 1. The van der Waals surface area contributed by atoms with E-state index in [1.807, 2.05) is 6.92 Å². The predicted octanol–water partition coefficient (Wildman–Crippen LogP) is -2.95. The van der Waals surface area contributed by atoms with Gasteiger partial charge in [0.25, 0.3) is 17.9 Å². The first-order chi connectivity index (χ1) is 8.50. The molecule has 0 aromatic carbocycles. The first kappa shape index (κ1) is 31.6. The Morgan fingerprint density at radius 2 is 1.20 bits per heavy atom. The third-order valence-electron chi connectivity index (χ3n) is 0.752. The molecule has 0 aliphatic heterocycles. The minimum atomic E-state index is -0.833. The number of aliphatic carboxylic acids is 3. The number of nitrogens with two attached hydrogens (primary N) is 1. The molecule has 0 spiro atoms. The van der Waals surface area contributed by atoms with E-state index in [2.05, 4.69) is 0 Å². The molecule has 0 aliphatic carbocycles. The summed E-state index contributed by atoms with van der Waals surface area (Å²) in [5, 5.41) is 32.0. The number of carboxylic acids is 3. The largest absolute Gasteiger partial charge is 1.00 e. The number of hydrogen-bond acceptors (Lipinski definition) is 6. The monoisotopic (exact) mass is 308 g/mol. The maximum Gasteiger partial charge on any atom is 1.00 e. The molecule has 0 fully saturated rings. The van der Waals surface area contributed by atoms with Crippen LogP contribution >= 0.6 is 0 Å². The molecule has 118 valence electrons. The molecular weight excluding hydrogens is 283 g/mol. The first-order valence-corrected chi connectivity index (χ1v) is 5.23. The van der Waals surface area contributed by atoms with Crippen molar-refractivity contribution in [3.05, 3.63) is 0 Å². The molecule has 0 amide bonds. The van der Waals surface area contributed by atoms with Crippen molar-refractivity contribution in [2.45, 2.75) is 27.7 Å². The maximum atomic E-state index is 9.00. The van der Waals surface area contributed by atoms with E-state index in [-0.39, 0.29) is 31.0 Å². The third kappa shape index (κ3) is 249. The van der Waals surface area contributed by atoms with Gasteiger partial charge in [-0.15, -0.1) is 0 Å². The quantitative estimate of drug-likeness (QED) is 0.271. The average Bonchev–Trinajstić information content (AvgIpc) is 2.15. The van der Waals surface area contributed by atoms with E-state index in [0.29, 0.717) is 19.6 Å². The van der Waals surface area contributed by atoms with Crippen molar-refractivity contribution in [3.63, 3.8) is 0 Å². The van der Waals surface area contributed by atoms with E-state index in [9.17, 15) is 0 Å². The molecule has 0 bridgehead atoms. The van der Waals surface area contributed by atoms with Crippen LogP contribution in [0.2, 0.25) is 0 Å². The Labute approximate surface area is 142 Å². The summed E-state index contributed by atoms with van der Waals surface area (Å²) in [5.41, 5.74) is 5.10. The predicted molar refractivity (Wildman–Crippen MR) is 69.1 cm³/mol. The molecular formula is C10H25N2NaO7. The fourth-order valence-corrected chi connectivity index (χ4v) is 0.307. The Morgan fingerprint density at radius 3 is 1.25 bits per heavy atom. The zero-order valence-corrected chi connectivity index (χ0v) is 14.7. The van der Waals surface area contributed by atoms with E-state index < -0.39 is 17.9 Å². The minimum Gasteiger partial charge on any atom is -1.00 e. The molecule has 0 saturated heterocycles. The zero-order chi connectivity index (χ0) is 16.4. The van der Waals surface area contributed by atoms with E-state index in [0.717, 1.165) is 20.8 Å². The second-order valence-electron chi connectivity index (χ2n) is 2.89. The molecule has 0 rings (SSSR count). The van der Waals surface area contributed by atoms with Crippen LogP contribution in [0.4, 0.5) is 0 Å². The summed E-state index contributed by atoms with van der Waals surface area (Å²) in [6.45, 7) is 6.85. The van der Waals surface area contributed by atoms with Gasteiger partial charge in [-0.2, -0.15) is 5.06 Å². The van der Waals surface area contributed by atoms with Crippen molar-refractivity contribution < 1.29 is 65.9 Å². The first-order valence-electron chi connectivity index (χ1n) is 5.23. The van der Waals surface area contributed by atoms with Crippen LogP contribution in [-0.4, -0.2) is 63.1 Å². The average molecular weight is 308 g/mol. The minimum absolute atomic E-state index is 0. The van der Waals surface area contributed by atoms with Gasteiger partial charge in [0.15, 0.2) is 0 Å². The van der Waals surface area contributed by atoms with Crippen LogP contribution in [-0.2, 0) is 14.4 Å². The molecule has 10 heteroatoms. The van der Waals surface area contributed by atoms with E-state index in [1.165, 1.54) is 5.06 Å². The molecule has 0 aromatic rings. The topological polar surface area (TPSA) is 161 Å². The Balaban J connectivity index is -0.0000000359. The number of hydroxylamine groups is 2. The molecule has 0 radical (unpaired) electrons. The Morgan fingerprint density at radius 1 is 1.00 bits per heavy atom. The summed E-state index contributed by atoms with van der Waals surface area (Å²) < 4.78 is 0. The number of rotatable bonds is 3. The van der Waals surface area contributed by atoms with Crippen molar-refractivity contribution in [2.24, 2.45) is 5.73 Å². The maximum absolute atomic E-state index is 9.00. The van der Waals surface area contributed by atoms with Crippen molar-refractivity contribution in [2.75, 3.05) is 19.6 Å². The van der Waals surface area contributed by atoms with Crippen LogP contribution in [0.5, 0.6) is 0 Å². The summed E-state index contributed by atoms with van der Waals surface area (Å²) in [5.74, 6) is -2.50. The molecule has 6 N–H and O–H groups in total. The summed E-state index contributed by atoms with van der Waals surface area (Å²) >= 11 is 0. The standard InChI is InChI=1S/C4H12N2O.3C2H4O2.Na.H/c1-2-6(7)4-3-5;3*1-2(3)4;;/h7H,2-5H2,1H3;3*1H3,(H,3,4);;/q;;;;+1;-1. The van der Waals surface area contributed by atoms with E-state index in [1.54, 1.807) is 0 Å². The molecule has 20 heavy (non-hydrogen) atoms. The van der Waals surface area contributed by atoms with Crippen LogP contribution < -0.4 is 35.3 Å². The fraction of sp³-hybridized carbons (Fsp3) is 0.700. The van der Waals surface area contributed by atoms with Crippen molar-refractivity contribution in [1.29, 1.82) is 0 Å². The van der Waals surface area contributed by atoms with Gasteiger partial charge < -0.3 is 27.7 Å². The Kier molecular flexibility index (Phi) is 42.3. The van der Waals surface area contributed by atoms with Gasteiger partial charge in [0, 0.05) is 40.4 Å². The zero-order valence-electron chi connectivity index (χ0n) is 13.7. The Bertz CT molecular complexity index is 205. The Hall–Kier alpha value is -0.710. The van der Waals surface area contributed by atoms with E-state index in [4.69, 9.17) is 40.6 Å². The van der Waals surface area contributed by atoms with Gasteiger partial charge >= 0.3 is 29.6 Å². The van der Waals surface area contributed by atoms with Gasteiger partial charge in [-0.05, 0) is 0 Å². The van der Waals surface area contributed by atoms with Gasteiger partial charge in [0.1, 0.15) is 0 Å². The molecule has 0 heterocycles. The van der Waals surface area contributed by atoms with Crippen LogP contribution in [0.1, 0.15) is 29.1 Å². The van der Waals surface area contributed by atoms with Crippen LogP contribution in [0.25, 0.3) is 0 Å². The van der Waals surface area contributed by atoms with Gasteiger partial charge in [0.2, 0.25) is 0 Å². The summed E-state index contributed by atoms with van der Waals surface area (Å²) in [6, 6.07) is 0. The van der Waals surface area contributed by atoms with Crippen LogP contribution in [0.3, 0.4) is 0 Å². The van der Waals surface area contributed by atoms with Crippen LogP contribution in [0.15, 0.2) is 0 Å². The molecule has 0 saturated carbocycles. The van der Waals surface area contributed by atoms with Crippen molar-refractivity contribution in [3.8, 4) is 0 Å². The normalized spacial score (nSPS) is 7.35. The summed E-state index contributed by atoms with van der Waals surface area (Å²) in [4.78, 5) is 27.0. The summed E-state index contributed by atoms with van der Waals surface area (Å²) in [7, 11) is 0. The smallest absolute Gasteiger partial charge is 1.00 e. The van der Waals surface area contributed by atoms with Crippen molar-refractivity contribution >= 4 is 17.9 Å². The number of carbonyl (C=O) groups is 3. The third-order valence-corrected chi connectivity index (χ3v) is 0.752. The number of likely N-dealkylation sites (N-methyl/N-ethyl adjacent to an activating group) is 1. The molecule has 9 nitrogen and oxygen atoms in total. The van der Waals surface area contributed by atoms with Crippen LogP contribution in [0, 0.1) is 0 Å².